The van der Waals surface area contributed by atoms with Crippen LogP contribution in [-0.2, 0) is 4.74 Å². The summed E-state index contributed by atoms with van der Waals surface area (Å²) in [4.78, 5) is 0. The van der Waals surface area contributed by atoms with Crippen LogP contribution in [0.2, 0.25) is 0 Å². The molecular weight excluding hydrogens is 248 g/mol. The maximum absolute atomic E-state index is 9.64. The number of nitrogens with zero attached hydrogens (tertiary/aromatic N) is 1. The van der Waals surface area contributed by atoms with Crippen molar-refractivity contribution < 1.29 is 20.2 Å². The average molecular weight is 276 g/mol. The van der Waals surface area contributed by atoms with Crippen molar-refractivity contribution in [2.75, 3.05) is 13.7 Å². The molecule has 0 fully saturated rings. The van der Waals surface area contributed by atoms with E-state index in [9.17, 15) is 15.4 Å². The molecule has 6 heteroatoms. The fourth-order valence-corrected chi connectivity index (χ4v) is 1.56. The first-order valence-electron chi connectivity index (χ1n) is 6.78. The van der Waals surface area contributed by atoms with E-state index >= 15 is 0 Å². The molecule has 0 aliphatic carbocycles. The number of hydroxylamine groups is 1. The van der Waals surface area contributed by atoms with Gasteiger partial charge in [0.15, 0.2) is 0 Å². The van der Waals surface area contributed by atoms with Crippen molar-refractivity contribution in [3.63, 3.8) is 0 Å². The molecule has 0 heterocycles. The Morgan fingerprint density at radius 3 is 2.53 bits per heavy atom. The molecule has 0 aliphatic heterocycles. The maximum Gasteiger partial charge on any atom is 0.0776 e. The summed E-state index contributed by atoms with van der Waals surface area (Å²) in [6.45, 7) is 3.98. The topological polar surface area (TPSA) is 85.2 Å². The molecule has 0 saturated carbocycles. The van der Waals surface area contributed by atoms with Crippen LogP contribution in [-0.4, -0.2) is 52.6 Å². The van der Waals surface area contributed by atoms with E-state index in [0.717, 1.165) is 24.4 Å². The second-order valence-corrected chi connectivity index (χ2v) is 4.68. The number of aliphatic hydroxyl groups is 2. The highest BCUT2D eigenvalue weighted by Gasteiger charge is 2.15. The molecule has 6 nitrogen and oxygen atoms in total. The van der Waals surface area contributed by atoms with Gasteiger partial charge in [0.25, 0.3) is 0 Å². The Hall–Kier alpha value is -0.660. The molecule has 3 unspecified atom stereocenters. The minimum Gasteiger partial charge on any atom is -0.392 e. The van der Waals surface area contributed by atoms with Gasteiger partial charge in [0.1, 0.15) is 0 Å². The molecule has 0 aromatic carbocycles. The number of hydrogen-bond acceptors (Lipinski definition) is 6. The van der Waals surface area contributed by atoms with Gasteiger partial charge in [-0.25, -0.2) is 5.43 Å². The fourth-order valence-electron chi connectivity index (χ4n) is 1.56. The van der Waals surface area contributed by atoms with Crippen molar-refractivity contribution in [2.45, 2.75) is 57.8 Å². The maximum atomic E-state index is 9.64. The van der Waals surface area contributed by atoms with E-state index in [2.05, 4.69) is 12.3 Å². The van der Waals surface area contributed by atoms with E-state index < -0.39 is 18.2 Å². The van der Waals surface area contributed by atoms with Gasteiger partial charge >= 0.3 is 0 Å². The van der Waals surface area contributed by atoms with Gasteiger partial charge in [0, 0.05) is 13.3 Å². The number of unbranched alkanes of at least 4 members (excludes halogenated alkanes) is 2. The summed E-state index contributed by atoms with van der Waals surface area (Å²) in [5, 5.41) is 29.4. The highest BCUT2D eigenvalue weighted by molar-refractivity contribution is 4.86. The minimum absolute atomic E-state index is 0.265. The number of nitrogens with one attached hydrogen (secondary N) is 1. The van der Waals surface area contributed by atoms with Gasteiger partial charge in [-0.3, -0.25) is 5.21 Å². The summed E-state index contributed by atoms with van der Waals surface area (Å²) < 4.78 is 4.92. The normalized spacial score (nSPS) is 16.5. The second-order valence-electron chi connectivity index (χ2n) is 4.68. The van der Waals surface area contributed by atoms with Crippen LogP contribution in [0.3, 0.4) is 0 Å². The van der Waals surface area contributed by atoms with E-state index in [1.165, 1.54) is 19.4 Å². The summed E-state index contributed by atoms with van der Waals surface area (Å²) in [7, 11) is 1.52. The number of ether oxygens (including phenoxy) is 1. The number of aliphatic hydroxyl groups excluding tert-OH is 2. The zero-order valence-corrected chi connectivity index (χ0v) is 12.1. The third kappa shape index (κ3) is 9.86. The Labute approximate surface area is 115 Å². The molecule has 0 radical (unpaired) electrons. The molecule has 0 amide bonds. The van der Waals surface area contributed by atoms with E-state index in [-0.39, 0.29) is 6.61 Å². The van der Waals surface area contributed by atoms with Crippen LogP contribution in [0.5, 0.6) is 0 Å². The molecule has 4 N–H and O–H groups in total. The summed E-state index contributed by atoms with van der Waals surface area (Å²) in [5.41, 5.74) is 2.66. The van der Waals surface area contributed by atoms with Crippen LogP contribution in [0.25, 0.3) is 0 Å². The quantitative estimate of drug-likeness (QED) is 0.333. The van der Waals surface area contributed by atoms with E-state index in [1.807, 2.05) is 0 Å². The predicted octanol–water partition coefficient (Wildman–Crippen LogP) is 1.03. The lowest BCUT2D eigenvalue weighted by Crippen LogP contribution is -2.48. The monoisotopic (exact) mass is 276 g/mol. The second kappa shape index (κ2) is 11.2. The Morgan fingerprint density at radius 2 is 2.00 bits per heavy atom. The van der Waals surface area contributed by atoms with Crippen LogP contribution >= 0.6 is 0 Å². The summed E-state index contributed by atoms with van der Waals surface area (Å²) in [6, 6.07) is -0.420. The zero-order valence-electron chi connectivity index (χ0n) is 12.1. The van der Waals surface area contributed by atoms with Crippen molar-refractivity contribution in [1.29, 1.82) is 0 Å². The summed E-state index contributed by atoms with van der Waals surface area (Å²) >= 11 is 0. The number of rotatable bonds is 11. The number of hydrazine groups is 1. The van der Waals surface area contributed by atoms with E-state index in [0.29, 0.717) is 6.42 Å². The third-order valence-corrected chi connectivity index (χ3v) is 2.78. The van der Waals surface area contributed by atoms with Crippen molar-refractivity contribution in [3.05, 3.63) is 12.3 Å². The van der Waals surface area contributed by atoms with Crippen molar-refractivity contribution >= 4 is 0 Å². The third-order valence-electron chi connectivity index (χ3n) is 2.78. The predicted molar refractivity (Wildman–Crippen MR) is 73.4 cm³/mol. The Morgan fingerprint density at radius 1 is 1.32 bits per heavy atom. The largest absolute Gasteiger partial charge is 0.392 e. The molecule has 0 aromatic heterocycles. The van der Waals surface area contributed by atoms with Gasteiger partial charge in [-0.15, -0.1) is 0 Å². The van der Waals surface area contributed by atoms with Crippen molar-refractivity contribution in [1.82, 2.24) is 10.6 Å². The van der Waals surface area contributed by atoms with Gasteiger partial charge in [0.05, 0.1) is 24.9 Å². The summed E-state index contributed by atoms with van der Waals surface area (Å²) in [5.74, 6) is 0. The van der Waals surface area contributed by atoms with Gasteiger partial charge < -0.3 is 14.9 Å². The first-order valence-corrected chi connectivity index (χ1v) is 6.78. The zero-order chi connectivity index (χ0) is 14.7. The Kier molecular flexibility index (Phi) is 10.8. The number of methoxy groups -OCH3 is 1. The molecular formula is C13H28N2O4. The molecule has 19 heavy (non-hydrogen) atoms. The van der Waals surface area contributed by atoms with Crippen LogP contribution in [0.4, 0.5) is 0 Å². The highest BCUT2D eigenvalue weighted by Crippen LogP contribution is 2.04. The lowest BCUT2D eigenvalue weighted by molar-refractivity contribution is -0.118. The van der Waals surface area contributed by atoms with Crippen LogP contribution in [0, 0.1) is 0 Å². The fraction of sp³-hybridized carbons (Fsp3) is 0.846. The Bertz CT molecular complexity index is 237. The molecule has 0 aromatic rings. The SMILES string of the molecule is CCCCCC(O)C=CN(O)NC(COC)C(C)O. The lowest BCUT2D eigenvalue weighted by atomic mass is 10.1. The van der Waals surface area contributed by atoms with Gasteiger partial charge in [0.2, 0.25) is 0 Å². The van der Waals surface area contributed by atoms with Gasteiger partial charge in [-0.05, 0) is 19.4 Å². The molecule has 3 atom stereocenters. The van der Waals surface area contributed by atoms with Crippen molar-refractivity contribution in [3.8, 4) is 0 Å². The lowest BCUT2D eigenvalue weighted by Gasteiger charge is -2.24. The van der Waals surface area contributed by atoms with Crippen LogP contribution < -0.4 is 5.43 Å². The molecule has 0 spiro atoms. The highest BCUT2D eigenvalue weighted by atomic mass is 16.5. The summed E-state index contributed by atoms with van der Waals surface area (Å²) in [6.07, 6.45) is 5.43. The van der Waals surface area contributed by atoms with Gasteiger partial charge in [-0.2, -0.15) is 5.17 Å². The Balaban J connectivity index is 4.02. The van der Waals surface area contributed by atoms with Gasteiger partial charge in [-0.1, -0.05) is 26.2 Å². The van der Waals surface area contributed by atoms with Crippen LogP contribution in [0.15, 0.2) is 12.3 Å². The molecule has 114 valence electrons. The minimum atomic E-state index is -0.669. The van der Waals surface area contributed by atoms with E-state index in [1.54, 1.807) is 6.92 Å². The molecule has 0 rings (SSSR count). The first-order chi connectivity index (χ1) is 9.01. The molecule has 0 bridgehead atoms. The smallest absolute Gasteiger partial charge is 0.0776 e. The molecule has 0 saturated heterocycles. The first kappa shape index (κ1) is 18.3. The van der Waals surface area contributed by atoms with E-state index in [4.69, 9.17) is 4.74 Å². The van der Waals surface area contributed by atoms with Crippen LogP contribution in [0.1, 0.15) is 39.5 Å². The molecule has 0 aliphatic rings. The standard InChI is InChI=1S/C13H28N2O4/c1-4-5-6-7-12(17)8-9-15(18)14-13(10-19-3)11(2)16/h8-9,11-14,16-18H,4-7,10H2,1-3H3. The van der Waals surface area contributed by atoms with Crippen molar-refractivity contribution in [2.24, 2.45) is 0 Å². The number of hydrogen-bond donors (Lipinski definition) is 4. The average Bonchev–Trinajstić information content (AvgIpc) is 2.36.